The summed E-state index contributed by atoms with van der Waals surface area (Å²) in [5, 5.41) is 24.7. The second-order valence-corrected chi connectivity index (χ2v) is 5.62. The quantitative estimate of drug-likeness (QED) is 0.580. The molecule has 0 saturated carbocycles. The monoisotopic (exact) mass is 375 g/mol. The van der Waals surface area contributed by atoms with Gasteiger partial charge in [-0.3, -0.25) is 25.0 Å². The number of ether oxygens (including phenoxy) is 2. The van der Waals surface area contributed by atoms with Gasteiger partial charge in [0.2, 0.25) is 0 Å². The number of methoxy groups -OCH3 is 1. The Hall–Kier alpha value is -3.69. The third-order valence-corrected chi connectivity index (χ3v) is 3.64. The van der Waals surface area contributed by atoms with Crippen LogP contribution in [0.5, 0.6) is 11.5 Å². The maximum atomic E-state index is 12.3. The van der Waals surface area contributed by atoms with Crippen molar-refractivity contribution in [2.45, 2.75) is 20.0 Å². The standard InChI is InChI=1S/C17H17N3O7/c1-10-4-7-16(15(8-10)20(24)25)27-11(2)17(21)18-13-6-5-12(26-3)9-14(13)19(22)23/h4-9,11H,1-3H3,(H,18,21)/t11-/m0/s1. The zero-order valence-corrected chi connectivity index (χ0v) is 14.8. The number of benzene rings is 2. The highest BCUT2D eigenvalue weighted by Gasteiger charge is 2.24. The van der Waals surface area contributed by atoms with Crippen LogP contribution < -0.4 is 14.8 Å². The van der Waals surface area contributed by atoms with Crippen molar-refractivity contribution in [3.8, 4) is 11.5 Å². The summed E-state index contributed by atoms with van der Waals surface area (Å²) in [6.07, 6.45) is -1.13. The van der Waals surface area contributed by atoms with E-state index in [1.165, 1.54) is 44.4 Å². The van der Waals surface area contributed by atoms with Crippen LogP contribution >= 0.6 is 0 Å². The molecule has 1 atom stereocenters. The van der Waals surface area contributed by atoms with Gasteiger partial charge in [0, 0.05) is 6.07 Å². The van der Waals surface area contributed by atoms with Crippen molar-refractivity contribution >= 4 is 23.0 Å². The number of nitro groups is 2. The minimum absolute atomic E-state index is 0.0420. The van der Waals surface area contributed by atoms with Gasteiger partial charge in [-0.05, 0) is 37.6 Å². The number of nitrogens with one attached hydrogen (secondary N) is 1. The lowest BCUT2D eigenvalue weighted by molar-refractivity contribution is -0.386. The average molecular weight is 375 g/mol. The minimum atomic E-state index is -1.13. The lowest BCUT2D eigenvalue weighted by atomic mass is 10.2. The highest BCUT2D eigenvalue weighted by atomic mass is 16.6. The molecule has 0 fully saturated rings. The first-order chi connectivity index (χ1) is 12.7. The van der Waals surface area contributed by atoms with Gasteiger partial charge in [0.25, 0.3) is 11.6 Å². The molecule has 0 aliphatic heterocycles. The van der Waals surface area contributed by atoms with Crippen LogP contribution in [0.4, 0.5) is 17.1 Å². The molecule has 0 radical (unpaired) electrons. The van der Waals surface area contributed by atoms with E-state index in [1.54, 1.807) is 13.0 Å². The molecule has 0 heterocycles. The Kier molecular flexibility index (Phi) is 5.91. The number of hydrogen-bond acceptors (Lipinski definition) is 7. The van der Waals surface area contributed by atoms with E-state index in [9.17, 15) is 25.0 Å². The van der Waals surface area contributed by atoms with Crippen molar-refractivity contribution in [1.82, 2.24) is 0 Å². The third kappa shape index (κ3) is 4.69. The van der Waals surface area contributed by atoms with E-state index < -0.39 is 21.9 Å². The topological polar surface area (TPSA) is 134 Å². The SMILES string of the molecule is COc1ccc(NC(=O)[C@H](C)Oc2ccc(C)cc2[N+](=O)[O-])c([N+](=O)[O-])c1. The smallest absolute Gasteiger partial charge is 0.311 e. The molecule has 10 heteroatoms. The average Bonchev–Trinajstić information content (AvgIpc) is 2.62. The fourth-order valence-electron chi connectivity index (χ4n) is 2.24. The van der Waals surface area contributed by atoms with Crippen molar-refractivity contribution < 1.29 is 24.1 Å². The summed E-state index contributed by atoms with van der Waals surface area (Å²) in [5.41, 5.74) is 0.000891. The molecule has 27 heavy (non-hydrogen) atoms. The zero-order chi connectivity index (χ0) is 20.1. The second-order valence-electron chi connectivity index (χ2n) is 5.62. The Bertz CT molecular complexity index is 898. The van der Waals surface area contributed by atoms with Crippen molar-refractivity contribution in [2.24, 2.45) is 0 Å². The van der Waals surface area contributed by atoms with E-state index in [4.69, 9.17) is 9.47 Å². The summed E-state index contributed by atoms with van der Waals surface area (Å²) < 4.78 is 10.3. The first kappa shape index (κ1) is 19.6. The molecule has 0 aromatic heterocycles. The third-order valence-electron chi connectivity index (χ3n) is 3.64. The molecule has 2 rings (SSSR count). The van der Waals surface area contributed by atoms with Gasteiger partial charge in [0.1, 0.15) is 11.4 Å². The van der Waals surface area contributed by atoms with E-state index in [-0.39, 0.29) is 28.6 Å². The van der Waals surface area contributed by atoms with Gasteiger partial charge < -0.3 is 14.8 Å². The van der Waals surface area contributed by atoms with Crippen LogP contribution in [0.2, 0.25) is 0 Å². The molecule has 0 saturated heterocycles. The molecular formula is C17H17N3O7. The molecule has 0 unspecified atom stereocenters. The Morgan fingerprint density at radius 3 is 2.33 bits per heavy atom. The van der Waals surface area contributed by atoms with Gasteiger partial charge >= 0.3 is 5.69 Å². The fourth-order valence-corrected chi connectivity index (χ4v) is 2.24. The number of anilines is 1. The molecule has 2 aromatic carbocycles. The largest absolute Gasteiger partial charge is 0.496 e. The van der Waals surface area contributed by atoms with Gasteiger partial charge in [0.15, 0.2) is 11.9 Å². The van der Waals surface area contributed by atoms with Crippen LogP contribution in [-0.2, 0) is 4.79 Å². The minimum Gasteiger partial charge on any atom is -0.496 e. The Morgan fingerprint density at radius 2 is 1.74 bits per heavy atom. The zero-order valence-electron chi connectivity index (χ0n) is 14.8. The molecule has 0 spiro atoms. The lowest BCUT2D eigenvalue weighted by Gasteiger charge is -2.15. The number of rotatable bonds is 7. The molecule has 0 bridgehead atoms. The maximum absolute atomic E-state index is 12.3. The summed E-state index contributed by atoms with van der Waals surface area (Å²) in [4.78, 5) is 33.4. The van der Waals surface area contributed by atoms with Gasteiger partial charge in [-0.15, -0.1) is 0 Å². The van der Waals surface area contributed by atoms with Gasteiger partial charge in [0.05, 0.1) is 23.0 Å². The van der Waals surface area contributed by atoms with Crippen LogP contribution in [0, 0.1) is 27.2 Å². The first-order valence-electron chi connectivity index (χ1n) is 7.78. The Balaban J connectivity index is 2.20. The fraction of sp³-hybridized carbons (Fsp3) is 0.235. The van der Waals surface area contributed by atoms with E-state index in [2.05, 4.69) is 5.32 Å². The Morgan fingerprint density at radius 1 is 1.07 bits per heavy atom. The van der Waals surface area contributed by atoms with Gasteiger partial charge in [-0.1, -0.05) is 6.07 Å². The number of carbonyl (C=O) groups is 1. The van der Waals surface area contributed by atoms with Crippen molar-refractivity contribution in [3.63, 3.8) is 0 Å². The number of carbonyl (C=O) groups excluding carboxylic acids is 1. The molecule has 0 aliphatic carbocycles. The predicted molar refractivity (Wildman–Crippen MR) is 96.2 cm³/mol. The highest BCUT2D eigenvalue weighted by molar-refractivity contribution is 5.96. The van der Waals surface area contributed by atoms with Gasteiger partial charge in [-0.25, -0.2) is 0 Å². The molecule has 10 nitrogen and oxygen atoms in total. The maximum Gasteiger partial charge on any atom is 0.311 e. The van der Waals surface area contributed by atoms with Gasteiger partial charge in [-0.2, -0.15) is 0 Å². The summed E-state index contributed by atoms with van der Waals surface area (Å²) in [6, 6.07) is 8.30. The summed E-state index contributed by atoms with van der Waals surface area (Å²) >= 11 is 0. The molecular weight excluding hydrogens is 358 g/mol. The second kappa shape index (κ2) is 8.13. The molecule has 1 amide bonds. The highest BCUT2D eigenvalue weighted by Crippen LogP contribution is 2.31. The summed E-state index contributed by atoms with van der Waals surface area (Å²) in [7, 11) is 1.36. The van der Waals surface area contributed by atoms with Crippen molar-refractivity contribution in [2.75, 3.05) is 12.4 Å². The van der Waals surface area contributed by atoms with E-state index in [1.807, 2.05) is 0 Å². The lowest BCUT2D eigenvalue weighted by Crippen LogP contribution is -2.30. The number of hydrogen-bond donors (Lipinski definition) is 1. The molecule has 0 aliphatic rings. The number of nitrogens with zero attached hydrogens (tertiary/aromatic N) is 2. The van der Waals surface area contributed by atoms with E-state index >= 15 is 0 Å². The normalized spacial score (nSPS) is 11.4. The van der Waals surface area contributed by atoms with Crippen LogP contribution in [-0.4, -0.2) is 29.0 Å². The van der Waals surface area contributed by atoms with Crippen molar-refractivity contribution in [1.29, 1.82) is 0 Å². The summed E-state index contributed by atoms with van der Waals surface area (Å²) in [6.45, 7) is 3.07. The molecule has 142 valence electrons. The van der Waals surface area contributed by atoms with E-state index in [0.717, 1.165) is 0 Å². The summed E-state index contributed by atoms with van der Waals surface area (Å²) in [5.74, 6) is -0.505. The molecule has 2 aromatic rings. The number of nitro benzene ring substituents is 2. The number of aryl methyl sites for hydroxylation is 1. The van der Waals surface area contributed by atoms with Crippen LogP contribution in [0.15, 0.2) is 36.4 Å². The van der Waals surface area contributed by atoms with Crippen LogP contribution in [0.3, 0.4) is 0 Å². The predicted octanol–water partition coefficient (Wildman–Crippen LogP) is 3.23. The van der Waals surface area contributed by atoms with E-state index in [0.29, 0.717) is 5.56 Å². The molecule has 1 N–H and O–H groups in total. The van der Waals surface area contributed by atoms with Crippen molar-refractivity contribution in [3.05, 3.63) is 62.2 Å². The van der Waals surface area contributed by atoms with Crippen LogP contribution in [0.25, 0.3) is 0 Å². The Labute approximate surface area is 154 Å². The first-order valence-corrected chi connectivity index (χ1v) is 7.78. The van der Waals surface area contributed by atoms with Crippen LogP contribution in [0.1, 0.15) is 12.5 Å². The number of amides is 1.